The first kappa shape index (κ1) is 23.9. The molecule has 3 rings (SSSR count). The predicted octanol–water partition coefficient (Wildman–Crippen LogP) is 2.45. The van der Waals surface area contributed by atoms with Crippen LogP contribution in [-0.2, 0) is 35.1 Å². The van der Waals surface area contributed by atoms with Gasteiger partial charge in [0.2, 0.25) is 11.8 Å². The molecule has 1 aliphatic heterocycles. The van der Waals surface area contributed by atoms with Crippen LogP contribution in [0, 0.1) is 18.8 Å². The summed E-state index contributed by atoms with van der Waals surface area (Å²) in [6, 6.07) is 0. The van der Waals surface area contributed by atoms with Gasteiger partial charge in [0.05, 0.1) is 24.0 Å². The number of fused-ring (bicyclic) bond motifs is 1. The molecule has 1 aromatic heterocycles. The van der Waals surface area contributed by atoms with Crippen LogP contribution >= 0.6 is 11.3 Å². The number of esters is 2. The van der Waals surface area contributed by atoms with Crippen LogP contribution in [0.3, 0.4) is 0 Å². The second-order valence-corrected chi connectivity index (χ2v) is 9.11. The molecule has 0 unspecified atom stereocenters. The number of rotatable bonds is 8. The van der Waals surface area contributed by atoms with E-state index in [2.05, 4.69) is 5.32 Å². The maximum Gasteiger partial charge on any atom is 0.341 e. The number of carbonyl (C=O) groups is 5. The molecule has 2 fully saturated rings. The number of imide groups is 1. The van der Waals surface area contributed by atoms with Gasteiger partial charge in [0.1, 0.15) is 11.5 Å². The summed E-state index contributed by atoms with van der Waals surface area (Å²) in [5, 5.41) is 2.95. The Morgan fingerprint density at radius 1 is 1.06 bits per heavy atom. The standard InChI is InChI=1S/C22H28N2O7S/c1-4-13-12(3)32-19(18(13)22(29)30-5-2)23-16(25)11-31-17(26)10-24-20(27)14-8-6-7-9-15(14)21(24)28/h14-15H,4-11H2,1-3H3,(H,23,25)/t14-,15+. The average molecular weight is 465 g/mol. The fourth-order valence-corrected chi connectivity index (χ4v) is 5.53. The summed E-state index contributed by atoms with van der Waals surface area (Å²) >= 11 is 1.25. The molecule has 1 saturated carbocycles. The van der Waals surface area contributed by atoms with Crippen molar-refractivity contribution in [3.63, 3.8) is 0 Å². The minimum Gasteiger partial charge on any atom is -0.462 e. The van der Waals surface area contributed by atoms with Gasteiger partial charge in [-0.3, -0.25) is 24.1 Å². The lowest BCUT2D eigenvalue weighted by molar-refractivity contribution is -0.154. The molecule has 10 heteroatoms. The number of hydrogen-bond acceptors (Lipinski definition) is 8. The number of ether oxygens (including phenoxy) is 2. The van der Waals surface area contributed by atoms with Crippen molar-refractivity contribution in [1.82, 2.24) is 4.90 Å². The Labute approximate surface area is 190 Å². The summed E-state index contributed by atoms with van der Waals surface area (Å²) in [6.45, 7) is 4.57. The fraction of sp³-hybridized carbons (Fsp3) is 0.591. The fourth-order valence-electron chi connectivity index (χ4n) is 4.38. The van der Waals surface area contributed by atoms with Gasteiger partial charge < -0.3 is 14.8 Å². The Bertz CT molecular complexity index is 915. The van der Waals surface area contributed by atoms with Crippen molar-refractivity contribution >= 4 is 46.0 Å². The topological polar surface area (TPSA) is 119 Å². The van der Waals surface area contributed by atoms with E-state index in [9.17, 15) is 24.0 Å². The highest BCUT2D eigenvalue weighted by molar-refractivity contribution is 7.16. The predicted molar refractivity (Wildman–Crippen MR) is 116 cm³/mol. The third-order valence-electron chi connectivity index (χ3n) is 5.88. The van der Waals surface area contributed by atoms with Crippen LogP contribution < -0.4 is 5.32 Å². The lowest BCUT2D eigenvalue weighted by atomic mass is 9.81. The van der Waals surface area contributed by atoms with E-state index in [1.807, 2.05) is 13.8 Å². The van der Waals surface area contributed by atoms with Crippen LogP contribution in [0.5, 0.6) is 0 Å². The van der Waals surface area contributed by atoms with Crippen LogP contribution in [0.1, 0.15) is 60.3 Å². The highest BCUT2D eigenvalue weighted by Crippen LogP contribution is 2.38. The molecular formula is C22H28N2O7S. The molecule has 2 heterocycles. The van der Waals surface area contributed by atoms with Crippen LogP contribution in [0.15, 0.2) is 0 Å². The molecular weight excluding hydrogens is 436 g/mol. The Morgan fingerprint density at radius 3 is 2.25 bits per heavy atom. The van der Waals surface area contributed by atoms with E-state index in [0.717, 1.165) is 28.2 Å². The first-order valence-corrected chi connectivity index (χ1v) is 11.7. The van der Waals surface area contributed by atoms with E-state index in [1.54, 1.807) is 6.92 Å². The number of nitrogens with zero attached hydrogens (tertiary/aromatic N) is 1. The molecule has 1 aromatic rings. The van der Waals surface area contributed by atoms with Crippen LogP contribution in [0.2, 0.25) is 0 Å². The van der Waals surface area contributed by atoms with Gasteiger partial charge in [-0.25, -0.2) is 4.79 Å². The van der Waals surface area contributed by atoms with Gasteiger partial charge in [-0.05, 0) is 38.7 Å². The second-order valence-electron chi connectivity index (χ2n) is 7.88. The lowest BCUT2D eigenvalue weighted by Gasteiger charge is -2.19. The highest BCUT2D eigenvalue weighted by Gasteiger charge is 2.48. The smallest absolute Gasteiger partial charge is 0.341 e. The van der Waals surface area contributed by atoms with Gasteiger partial charge in [-0.1, -0.05) is 19.8 Å². The summed E-state index contributed by atoms with van der Waals surface area (Å²) < 4.78 is 10.1. The van der Waals surface area contributed by atoms with Crippen molar-refractivity contribution < 1.29 is 33.4 Å². The Morgan fingerprint density at radius 2 is 1.69 bits per heavy atom. The summed E-state index contributed by atoms with van der Waals surface area (Å²) in [6.07, 6.45) is 3.71. The zero-order valence-electron chi connectivity index (χ0n) is 18.5. The van der Waals surface area contributed by atoms with Gasteiger partial charge in [0, 0.05) is 4.88 Å². The van der Waals surface area contributed by atoms with E-state index >= 15 is 0 Å². The van der Waals surface area contributed by atoms with Gasteiger partial charge >= 0.3 is 11.9 Å². The molecule has 174 valence electrons. The molecule has 2 atom stereocenters. The summed E-state index contributed by atoms with van der Waals surface area (Å²) in [7, 11) is 0. The van der Waals surface area contributed by atoms with Crippen molar-refractivity contribution in [2.75, 3.05) is 25.1 Å². The van der Waals surface area contributed by atoms with Gasteiger partial charge in [0.15, 0.2) is 6.61 Å². The zero-order valence-corrected chi connectivity index (χ0v) is 19.3. The Hall–Kier alpha value is -2.75. The SMILES string of the molecule is CCOC(=O)c1c(NC(=O)COC(=O)CN2C(=O)[C@H]3CCCC[C@H]3C2=O)sc(C)c1CC. The molecule has 1 saturated heterocycles. The second kappa shape index (κ2) is 10.2. The number of aryl methyl sites for hydroxylation is 1. The number of hydrogen-bond donors (Lipinski definition) is 1. The van der Waals surface area contributed by atoms with Crippen LogP contribution in [-0.4, -0.2) is 54.3 Å². The van der Waals surface area contributed by atoms with E-state index in [0.29, 0.717) is 29.8 Å². The Balaban J connectivity index is 1.57. The average Bonchev–Trinajstić information content (AvgIpc) is 3.21. The number of anilines is 1. The number of amides is 3. The normalized spacial score (nSPS) is 20.2. The maximum absolute atomic E-state index is 12.5. The number of thiophene rings is 1. The summed E-state index contributed by atoms with van der Waals surface area (Å²) in [4.78, 5) is 63.6. The third-order valence-corrected chi connectivity index (χ3v) is 6.94. The third kappa shape index (κ3) is 4.85. The van der Waals surface area contributed by atoms with E-state index in [-0.39, 0.29) is 30.3 Å². The lowest BCUT2D eigenvalue weighted by Crippen LogP contribution is -2.37. The maximum atomic E-state index is 12.5. The number of likely N-dealkylation sites (tertiary alicyclic amines) is 1. The summed E-state index contributed by atoms with van der Waals surface area (Å²) in [5.41, 5.74) is 1.11. The quantitative estimate of drug-likeness (QED) is 0.464. The number of carbonyl (C=O) groups excluding carboxylic acids is 5. The highest BCUT2D eigenvalue weighted by atomic mass is 32.1. The first-order valence-electron chi connectivity index (χ1n) is 10.9. The molecule has 2 aliphatic rings. The molecule has 1 aliphatic carbocycles. The van der Waals surface area contributed by atoms with Crippen LogP contribution in [0.4, 0.5) is 5.00 Å². The van der Waals surface area contributed by atoms with Gasteiger partial charge in [0.25, 0.3) is 5.91 Å². The van der Waals surface area contributed by atoms with Crippen molar-refractivity contribution in [3.8, 4) is 0 Å². The van der Waals surface area contributed by atoms with Gasteiger partial charge in [-0.15, -0.1) is 11.3 Å². The van der Waals surface area contributed by atoms with E-state index in [4.69, 9.17) is 9.47 Å². The summed E-state index contributed by atoms with van der Waals surface area (Å²) in [5.74, 6) is -3.33. The molecule has 9 nitrogen and oxygen atoms in total. The molecule has 3 amide bonds. The minimum atomic E-state index is -0.831. The molecule has 0 spiro atoms. The minimum absolute atomic E-state index is 0.206. The van der Waals surface area contributed by atoms with Crippen molar-refractivity contribution in [1.29, 1.82) is 0 Å². The first-order chi connectivity index (χ1) is 15.3. The van der Waals surface area contributed by atoms with Gasteiger partial charge in [-0.2, -0.15) is 0 Å². The van der Waals surface area contributed by atoms with Crippen molar-refractivity contribution in [2.24, 2.45) is 11.8 Å². The molecule has 32 heavy (non-hydrogen) atoms. The Kier molecular flexibility index (Phi) is 7.65. The molecule has 1 N–H and O–H groups in total. The largest absolute Gasteiger partial charge is 0.462 e. The molecule has 0 radical (unpaired) electrons. The van der Waals surface area contributed by atoms with Crippen molar-refractivity contribution in [2.45, 2.75) is 52.9 Å². The van der Waals surface area contributed by atoms with E-state index in [1.165, 1.54) is 11.3 Å². The van der Waals surface area contributed by atoms with Crippen molar-refractivity contribution in [3.05, 3.63) is 16.0 Å². The monoisotopic (exact) mass is 464 g/mol. The molecule has 0 aromatic carbocycles. The molecule has 0 bridgehead atoms. The van der Waals surface area contributed by atoms with Crippen LogP contribution in [0.25, 0.3) is 0 Å². The zero-order chi connectivity index (χ0) is 23.4. The van der Waals surface area contributed by atoms with E-state index < -0.39 is 31.0 Å². The number of nitrogens with one attached hydrogen (secondary N) is 1.